The normalized spacial score (nSPS) is 10.9. The number of nitrogens with zero attached hydrogens (tertiary/aromatic N) is 1. The van der Waals surface area contributed by atoms with E-state index in [2.05, 4.69) is 9.97 Å². The maximum absolute atomic E-state index is 12.0. The number of halogens is 2. The SMILES string of the molecule is COc1ccc(-c2nc(C(C)C)c(I)c(=O)[nH]2)cc1Cl. The third kappa shape index (κ3) is 2.98. The monoisotopic (exact) mass is 404 g/mol. The van der Waals surface area contributed by atoms with Gasteiger partial charge in [0.15, 0.2) is 0 Å². The number of hydrogen-bond donors (Lipinski definition) is 1. The van der Waals surface area contributed by atoms with Crippen molar-refractivity contribution in [1.82, 2.24) is 9.97 Å². The van der Waals surface area contributed by atoms with Gasteiger partial charge in [-0.2, -0.15) is 0 Å². The molecule has 1 heterocycles. The largest absolute Gasteiger partial charge is 0.495 e. The first-order chi connectivity index (χ1) is 9.43. The minimum absolute atomic E-state index is 0.133. The molecule has 0 aliphatic rings. The second kappa shape index (κ2) is 6.13. The van der Waals surface area contributed by atoms with Crippen molar-refractivity contribution in [2.24, 2.45) is 0 Å². The van der Waals surface area contributed by atoms with E-state index >= 15 is 0 Å². The molecule has 2 rings (SSSR count). The van der Waals surface area contributed by atoms with E-state index in [-0.39, 0.29) is 11.5 Å². The Labute approximate surface area is 135 Å². The number of aromatic nitrogens is 2. The molecule has 0 atom stereocenters. The first kappa shape index (κ1) is 15.3. The second-order valence-electron chi connectivity index (χ2n) is 4.62. The van der Waals surface area contributed by atoms with Gasteiger partial charge in [0.05, 0.1) is 21.4 Å². The van der Waals surface area contributed by atoms with E-state index in [0.717, 1.165) is 11.3 Å². The van der Waals surface area contributed by atoms with Crippen molar-refractivity contribution in [2.45, 2.75) is 19.8 Å². The zero-order chi connectivity index (χ0) is 14.9. The molecule has 0 aliphatic heterocycles. The molecule has 1 N–H and O–H groups in total. The topological polar surface area (TPSA) is 55.0 Å². The summed E-state index contributed by atoms with van der Waals surface area (Å²) in [5, 5.41) is 0.484. The van der Waals surface area contributed by atoms with Gasteiger partial charge < -0.3 is 9.72 Å². The van der Waals surface area contributed by atoms with Gasteiger partial charge in [0.2, 0.25) is 0 Å². The van der Waals surface area contributed by atoms with E-state index < -0.39 is 0 Å². The number of methoxy groups -OCH3 is 1. The van der Waals surface area contributed by atoms with Crippen LogP contribution < -0.4 is 10.3 Å². The first-order valence-corrected chi connectivity index (χ1v) is 7.53. The number of H-pyrrole nitrogens is 1. The van der Waals surface area contributed by atoms with Crippen LogP contribution in [0.15, 0.2) is 23.0 Å². The third-order valence-electron chi connectivity index (χ3n) is 2.86. The highest BCUT2D eigenvalue weighted by atomic mass is 127. The Morgan fingerprint density at radius 2 is 2.10 bits per heavy atom. The summed E-state index contributed by atoms with van der Waals surface area (Å²) in [6.45, 7) is 4.02. The summed E-state index contributed by atoms with van der Waals surface area (Å²) in [5.41, 5.74) is 1.41. The van der Waals surface area contributed by atoms with E-state index in [9.17, 15) is 4.79 Å². The van der Waals surface area contributed by atoms with E-state index in [4.69, 9.17) is 16.3 Å². The third-order valence-corrected chi connectivity index (χ3v) is 4.20. The van der Waals surface area contributed by atoms with Gasteiger partial charge in [0, 0.05) is 5.56 Å². The number of aromatic amines is 1. The fourth-order valence-corrected chi connectivity index (χ4v) is 2.95. The molecule has 1 aromatic heterocycles. The lowest BCUT2D eigenvalue weighted by molar-refractivity contribution is 0.415. The lowest BCUT2D eigenvalue weighted by Gasteiger charge is -2.10. The number of rotatable bonds is 3. The summed E-state index contributed by atoms with van der Waals surface area (Å²) >= 11 is 8.13. The zero-order valence-electron chi connectivity index (χ0n) is 11.3. The summed E-state index contributed by atoms with van der Waals surface area (Å²) in [5.74, 6) is 1.28. The molecule has 0 radical (unpaired) electrons. The summed E-state index contributed by atoms with van der Waals surface area (Å²) in [6.07, 6.45) is 0. The van der Waals surface area contributed by atoms with E-state index in [0.29, 0.717) is 20.2 Å². The molecule has 2 aromatic rings. The zero-order valence-corrected chi connectivity index (χ0v) is 14.2. The Hall–Kier alpha value is -1.08. The summed E-state index contributed by atoms with van der Waals surface area (Å²) < 4.78 is 5.74. The molecule has 0 amide bonds. The fourth-order valence-electron chi connectivity index (χ4n) is 1.81. The quantitative estimate of drug-likeness (QED) is 0.791. The number of benzene rings is 1. The van der Waals surface area contributed by atoms with Gasteiger partial charge >= 0.3 is 0 Å². The van der Waals surface area contributed by atoms with Crippen LogP contribution in [0.2, 0.25) is 5.02 Å². The smallest absolute Gasteiger partial charge is 0.264 e. The van der Waals surface area contributed by atoms with Gasteiger partial charge in [-0.1, -0.05) is 25.4 Å². The molecular formula is C14H14ClIN2O2. The molecule has 1 aromatic carbocycles. The fraction of sp³-hybridized carbons (Fsp3) is 0.286. The van der Waals surface area contributed by atoms with Crippen molar-refractivity contribution in [2.75, 3.05) is 7.11 Å². The highest BCUT2D eigenvalue weighted by Crippen LogP contribution is 2.29. The van der Waals surface area contributed by atoms with Crippen LogP contribution in [-0.4, -0.2) is 17.1 Å². The van der Waals surface area contributed by atoms with E-state index in [1.165, 1.54) is 0 Å². The molecular weight excluding hydrogens is 391 g/mol. The van der Waals surface area contributed by atoms with Crippen LogP contribution in [0.4, 0.5) is 0 Å². The maximum Gasteiger partial charge on any atom is 0.264 e. The predicted molar refractivity (Wildman–Crippen MR) is 88.7 cm³/mol. The van der Waals surface area contributed by atoms with Crippen molar-refractivity contribution < 1.29 is 4.74 Å². The lowest BCUT2D eigenvalue weighted by atomic mass is 10.1. The van der Waals surface area contributed by atoms with Crippen LogP contribution in [0.25, 0.3) is 11.4 Å². The van der Waals surface area contributed by atoms with Crippen LogP contribution in [0, 0.1) is 3.57 Å². The first-order valence-electron chi connectivity index (χ1n) is 6.07. The highest BCUT2D eigenvalue weighted by Gasteiger charge is 2.14. The molecule has 0 aliphatic carbocycles. The van der Waals surface area contributed by atoms with Crippen LogP contribution in [0.3, 0.4) is 0 Å². The van der Waals surface area contributed by atoms with E-state index in [1.54, 1.807) is 19.2 Å². The number of ether oxygens (including phenoxy) is 1. The van der Waals surface area contributed by atoms with Crippen LogP contribution in [0.5, 0.6) is 5.75 Å². The molecule has 0 saturated carbocycles. The Bertz CT molecular complexity index is 698. The van der Waals surface area contributed by atoms with Crippen molar-refractivity contribution in [3.8, 4) is 17.1 Å². The Morgan fingerprint density at radius 3 is 2.65 bits per heavy atom. The van der Waals surface area contributed by atoms with Gasteiger partial charge in [0.25, 0.3) is 5.56 Å². The highest BCUT2D eigenvalue weighted by molar-refractivity contribution is 14.1. The number of nitrogens with one attached hydrogen (secondary N) is 1. The summed E-state index contributed by atoms with van der Waals surface area (Å²) in [4.78, 5) is 19.3. The van der Waals surface area contributed by atoms with Crippen LogP contribution in [0.1, 0.15) is 25.5 Å². The van der Waals surface area contributed by atoms with Gasteiger partial charge in [-0.25, -0.2) is 4.98 Å². The molecule has 0 fully saturated rings. The standard InChI is InChI=1S/C14H14ClIN2O2/c1-7(2)12-11(16)14(19)18-13(17-12)8-4-5-10(20-3)9(15)6-8/h4-7H,1-3H3,(H,17,18,19). The molecule has 0 spiro atoms. The lowest BCUT2D eigenvalue weighted by Crippen LogP contribution is -2.17. The molecule has 4 nitrogen and oxygen atoms in total. The summed E-state index contributed by atoms with van der Waals surface area (Å²) in [7, 11) is 1.56. The molecule has 0 unspecified atom stereocenters. The van der Waals surface area contributed by atoms with Gasteiger partial charge in [-0.15, -0.1) is 0 Å². The van der Waals surface area contributed by atoms with Gasteiger partial charge in [0.1, 0.15) is 11.6 Å². The predicted octanol–water partition coefficient (Wildman–Crippen LogP) is 3.83. The molecule has 0 saturated heterocycles. The van der Waals surface area contributed by atoms with Crippen LogP contribution >= 0.6 is 34.2 Å². The number of hydrogen-bond acceptors (Lipinski definition) is 3. The average molecular weight is 405 g/mol. The molecule has 6 heteroatoms. The molecule has 106 valence electrons. The van der Waals surface area contributed by atoms with Crippen molar-refractivity contribution in [1.29, 1.82) is 0 Å². The maximum atomic E-state index is 12.0. The Morgan fingerprint density at radius 1 is 1.40 bits per heavy atom. The van der Waals surface area contributed by atoms with Crippen molar-refractivity contribution in [3.05, 3.63) is 42.8 Å². The molecule has 20 heavy (non-hydrogen) atoms. The summed E-state index contributed by atoms with van der Waals surface area (Å²) in [6, 6.07) is 5.31. The Balaban J connectivity index is 2.58. The van der Waals surface area contributed by atoms with Crippen LogP contribution in [-0.2, 0) is 0 Å². The average Bonchev–Trinajstić information content (AvgIpc) is 2.41. The minimum atomic E-state index is -0.133. The Kier molecular flexibility index (Phi) is 4.70. The van der Waals surface area contributed by atoms with Crippen molar-refractivity contribution >= 4 is 34.2 Å². The van der Waals surface area contributed by atoms with Gasteiger partial charge in [-0.3, -0.25) is 4.79 Å². The minimum Gasteiger partial charge on any atom is -0.495 e. The van der Waals surface area contributed by atoms with E-state index in [1.807, 2.05) is 42.5 Å². The van der Waals surface area contributed by atoms with Crippen molar-refractivity contribution in [3.63, 3.8) is 0 Å². The molecule has 0 bridgehead atoms. The second-order valence-corrected chi connectivity index (χ2v) is 6.10. The van der Waals surface area contributed by atoms with Gasteiger partial charge in [-0.05, 0) is 46.7 Å².